The van der Waals surface area contributed by atoms with E-state index in [9.17, 15) is 14.9 Å². The van der Waals surface area contributed by atoms with Crippen LogP contribution < -0.4 is 11.1 Å². The molecule has 0 heterocycles. The van der Waals surface area contributed by atoms with Crippen molar-refractivity contribution in [3.8, 4) is 0 Å². The molecule has 1 saturated carbocycles. The Morgan fingerprint density at radius 1 is 1.59 bits per heavy atom. The van der Waals surface area contributed by atoms with E-state index in [4.69, 9.17) is 5.73 Å². The minimum absolute atomic E-state index is 0.0223. The molecule has 0 bridgehead atoms. The minimum atomic E-state index is -0.579. The van der Waals surface area contributed by atoms with Crippen molar-refractivity contribution < 1.29 is 9.72 Å². The molecule has 6 nitrogen and oxygen atoms in total. The molecule has 1 aromatic rings. The van der Waals surface area contributed by atoms with E-state index in [2.05, 4.69) is 5.32 Å². The van der Waals surface area contributed by atoms with E-state index >= 15 is 0 Å². The van der Waals surface area contributed by atoms with Gasteiger partial charge in [0.1, 0.15) is 5.56 Å². The largest absolute Gasteiger partial charge is 0.399 e. The number of hydrogen-bond acceptors (Lipinski definition) is 4. The van der Waals surface area contributed by atoms with E-state index in [1.54, 1.807) is 0 Å². The molecule has 3 N–H and O–H groups in total. The van der Waals surface area contributed by atoms with Gasteiger partial charge in [-0.2, -0.15) is 0 Å². The predicted octanol–water partition coefficient (Wildman–Crippen LogP) is 1.32. The Balaban J connectivity index is 2.26. The van der Waals surface area contributed by atoms with Crippen molar-refractivity contribution in [2.75, 3.05) is 5.73 Å². The first-order valence-electron chi connectivity index (χ1n) is 5.34. The number of nitrogen functional groups attached to an aromatic ring is 1. The molecule has 1 fully saturated rings. The Kier molecular flexibility index (Phi) is 2.71. The van der Waals surface area contributed by atoms with Crippen molar-refractivity contribution in [1.29, 1.82) is 0 Å². The molecule has 1 aliphatic rings. The summed E-state index contributed by atoms with van der Waals surface area (Å²) in [6.07, 6.45) is 0.919. The van der Waals surface area contributed by atoms with Crippen molar-refractivity contribution in [3.05, 3.63) is 33.9 Å². The summed E-state index contributed by atoms with van der Waals surface area (Å²) >= 11 is 0. The second kappa shape index (κ2) is 4.04. The van der Waals surface area contributed by atoms with Crippen LogP contribution in [0.4, 0.5) is 11.4 Å². The number of rotatable bonds is 3. The molecular formula is C11H13N3O3. The number of hydrogen-bond donors (Lipinski definition) is 2. The van der Waals surface area contributed by atoms with Crippen LogP contribution in [-0.2, 0) is 0 Å². The van der Waals surface area contributed by atoms with E-state index in [1.807, 2.05) is 6.92 Å². The summed E-state index contributed by atoms with van der Waals surface area (Å²) in [4.78, 5) is 22.1. The number of carbonyl (C=O) groups is 1. The number of amides is 1. The summed E-state index contributed by atoms with van der Waals surface area (Å²) in [5.74, 6) is 0.0115. The SMILES string of the molecule is CC1CC1NC(=O)c1cc(N)ccc1[N+](=O)[O-]. The first-order chi connectivity index (χ1) is 7.99. The van der Waals surface area contributed by atoms with Crippen molar-refractivity contribution in [2.45, 2.75) is 19.4 Å². The highest BCUT2D eigenvalue weighted by atomic mass is 16.6. The maximum absolute atomic E-state index is 11.8. The molecule has 0 spiro atoms. The lowest BCUT2D eigenvalue weighted by Crippen LogP contribution is -2.27. The molecular weight excluding hydrogens is 222 g/mol. The van der Waals surface area contributed by atoms with Crippen LogP contribution in [0.1, 0.15) is 23.7 Å². The van der Waals surface area contributed by atoms with E-state index in [1.165, 1.54) is 18.2 Å². The van der Waals surface area contributed by atoms with Crippen molar-refractivity contribution >= 4 is 17.3 Å². The average Bonchev–Trinajstić information content (AvgIpc) is 2.93. The van der Waals surface area contributed by atoms with Gasteiger partial charge in [-0.15, -0.1) is 0 Å². The summed E-state index contributed by atoms with van der Waals surface area (Å²) in [6, 6.07) is 4.12. The highest BCUT2D eigenvalue weighted by Crippen LogP contribution is 2.30. The van der Waals surface area contributed by atoms with Gasteiger partial charge < -0.3 is 11.1 Å². The molecule has 6 heteroatoms. The van der Waals surface area contributed by atoms with Crippen molar-refractivity contribution in [3.63, 3.8) is 0 Å². The van der Waals surface area contributed by atoms with Crippen LogP contribution >= 0.6 is 0 Å². The van der Waals surface area contributed by atoms with Crippen molar-refractivity contribution in [2.24, 2.45) is 5.92 Å². The minimum Gasteiger partial charge on any atom is -0.399 e. The van der Waals surface area contributed by atoms with Gasteiger partial charge in [0.15, 0.2) is 0 Å². The maximum Gasteiger partial charge on any atom is 0.282 e. The van der Waals surface area contributed by atoms with Crippen LogP contribution in [0.2, 0.25) is 0 Å². The van der Waals surface area contributed by atoms with Gasteiger partial charge in [-0.3, -0.25) is 14.9 Å². The second-order valence-corrected chi connectivity index (χ2v) is 4.33. The van der Waals surface area contributed by atoms with Crippen LogP contribution in [0.25, 0.3) is 0 Å². The molecule has 1 amide bonds. The van der Waals surface area contributed by atoms with Crippen molar-refractivity contribution in [1.82, 2.24) is 5.32 Å². The van der Waals surface area contributed by atoms with Gasteiger partial charge in [0.05, 0.1) is 4.92 Å². The number of nitrogens with one attached hydrogen (secondary N) is 1. The zero-order chi connectivity index (χ0) is 12.6. The Bertz CT molecular complexity index is 487. The summed E-state index contributed by atoms with van der Waals surface area (Å²) in [5.41, 5.74) is 5.68. The molecule has 0 saturated heterocycles. The lowest BCUT2D eigenvalue weighted by Gasteiger charge is -2.05. The van der Waals surface area contributed by atoms with Gasteiger partial charge in [0.2, 0.25) is 0 Å². The van der Waals surface area contributed by atoms with Gasteiger partial charge in [-0.25, -0.2) is 0 Å². The highest BCUT2D eigenvalue weighted by Gasteiger charge is 2.35. The van der Waals surface area contributed by atoms with E-state index in [-0.39, 0.29) is 17.3 Å². The quantitative estimate of drug-likeness (QED) is 0.469. The molecule has 17 heavy (non-hydrogen) atoms. The summed E-state index contributed by atoms with van der Waals surface area (Å²) < 4.78 is 0. The maximum atomic E-state index is 11.8. The molecule has 90 valence electrons. The highest BCUT2D eigenvalue weighted by molar-refractivity contribution is 5.99. The number of nitro groups is 1. The number of carbonyl (C=O) groups excluding carboxylic acids is 1. The van der Waals surface area contributed by atoms with Crippen LogP contribution in [-0.4, -0.2) is 16.9 Å². The normalized spacial score (nSPS) is 21.9. The van der Waals surface area contributed by atoms with Gasteiger partial charge in [0, 0.05) is 17.8 Å². The van der Waals surface area contributed by atoms with Gasteiger partial charge in [-0.05, 0) is 24.5 Å². The first kappa shape index (κ1) is 11.4. The fourth-order valence-electron chi connectivity index (χ4n) is 1.66. The lowest BCUT2D eigenvalue weighted by atomic mass is 10.1. The standard InChI is InChI=1S/C11H13N3O3/c1-6-4-9(6)13-11(15)8-5-7(12)2-3-10(8)14(16)17/h2-3,5-6,9H,4,12H2,1H3,(H,13,15). The van der Waals surface area contributed by atoms with Crippen LogP contribution in [0.15, 0.2) is 18.2 Å². The molecule has 2 atom stereocenters. The molecule has 2 rings (SSSR count). The molecule has 0 aliphatic heterocycles. The van der Waals surface area contributed by atoms with E-state index in [0.29, 0.717) is 11.6 Å². The number of benzene rings is 1. The predicted molar refractivity (Wildman–Crippen MR) is 62.5 cm³/mol. The van der Waals surface area contributed by atoms with E-state index in [0.717, 1.165) is 6.42 Å². The van der Waals surface area contributed by atoms with Gasteiger partial charge >= 0.3 is 0 Å². The monoisotopic (exact) mass is 235 g/mol. The lowest BCUT2D eigenvalue weighted by molar-refractivity contribution is -0.385. The third-order valence-corrected chi connectivity index (χ3v) is 2.89. The summed E-state index contributed by atoms with van der Waals surface area (Å²) in [7, 11) is 0. The fraction of sp³-hybridized carbons (Fsp3) is 0.364. The number of nitro benzene ring substituents is 1. The summed E-state index contributed by atoms with van der Waals surface area (Å²) in [5, 5.41) is 13.5. The zero-order valence-corrected chi connectivity index (χ0v) is 9.34. The van der Waals surface area contributed by atoms with E-state index < -0.39 is 10.8 Å². The Hall–Kier alpha value is -2.11. The second-order valence-electron chi connectivity index (χ2n) is 4.33. The molecule has 1 aliphatic carbocycles. The third kappa shape index (κ3) is 2.35. The average molecular weight is 235 g/mol. The smallest absolute Gasteiger partial charge is 0.282 e. The van der Waals surface area contributed by atoms with Crippen LogP contribution in [0, 0.1) is 16.0 Å². The molecule has 0 radical (unpaired) electrons. The summed E-state index contributed by atoms with van der Waals surface area (Å²) in [6.45, 7) is 2.01. The van der Waals surface area contributed by atoms with Crippen LogP contribution in [0.5, 0.6) is 0 Å². The first-order valence-corrected chi connectivity index (χ1v) is 5.34. The molecule has 0 aromatic heterocycles. The number of anilines is 1. The Labute approximate surface area is 98.0 Å². The molecule has 1 aromatic carbocycles. The third-order valence-electron chi connectivity index (χ3n) is 2.89. The van der Waals surface area contributed by atoms with Crippen LogP contribution in [0.3, 0.4) is 0 Å². The Morgan fingerprint density at radius 2 is 2.24 bits per heavy atom. The number of nitrogens with zero attached hydrogens (tertiary/aromatic N) is 1. The fourth-order valence-corrected chi connectivity index (χ4v) is 1.66. The topological polar surface area (TPSA) is 98.3 Å². The van der Waals surface area contributed by atoms with Gasteiger partial charge in [-0.1, -0.05) is 6.92 Å². The molecule has 2 unspecified atom stereocenters. The number of nitrogens with two attached hydrogens (primary N) is 1. The van der Waals surface area contributed by atoms with Gasteiger partial charge in [0.25, 0.3) is 11.6 Å². The Morgan fingerprint density at radius 3 is 2.76 bits per heavy atom. The zero-order valence-electron chi connectivity index (χ0n) is 9.34.